The molecule has 0 saturated heterocycles. The Bertz CT molecular complexity index is 441. The summed E-state index contributed by atoms with van der Waals surface area (Å²) in [5.74, 6) is 1.52. The fraction of sp³-hybridized carbons (Fsp3) is 0.556. The third-order valence-corrected chi connectivity index (χ3v) is 3.52. The standard InChI is InChI=1S/C18H27NO/c1-13(2)16(12-19-17-7-8-17)11-15-5-9-18(10-6-15)20-14(3)4/h5-6,9-11,13-14,17,19H,7-8,12H2,1-4H3. The van der Waals surface area contributed by atoms with Gasteiger partial charge < -0.3 is 10.1 Å². The van der Waals surface area contributed by atoms with Gasteiger partial charge in [-0.25, -0.2) is 0 Å². The van der Waals surface area contributed by atoms with Crippen molar-refractivity contribution in [2.75, 3.05) is 6.54 Å². The summed E-state index contributed by atoms with van der Waals surface area (Å²) in [7, 11) is 0. The molecule has 0 unspecified atom stereocenters. The highest BCUT2D eigenvalue weighted by Crippen LogP contribution is 2.22. The molecule has 20 heavy (non-hydrogen) atoms. The zero-order chi connectivity index (χ0) is 14.5. The molecule has 1 aromatic carbocycles. The molecular weight excluding hydrogens is 246 g/mol. The van der Waals surface area contributed by atoms with E-state index in [0.717, 1.165) is 18.3 Å². The average molecular weight is 273 g/mol. The number of rotatable bonds is 7. The van der Waals surface area contributed by atoms with E-state index in [1.54, 1.807) is 0 Å². The predicted octanol–water partition coefficient (Wildman–Crippen LogP) is 4.27. The second-order valence-electron chi connectivity index (χ2n) is 6.26. The summed E-state index contributed by atoms with van der Waals surface area (Å²) in [6.45, 7) is 9.63. The maximum absolute atomic E-state index is 5.68. The summed E-state index contributed by atoms with van der Waals surface area (Å²) in [5, 5.41) is 3.60. The van der Waals surface area contributed by atoms with Crippen molar-refractivity contribution in [3.63, 3.8) is 0 Å². The van der Waals surface area contributed by atoms with Crippen molar-refractivity contribution in [3.8, 4) is 5.75 Å². The number of hydrogen-bond acceptors (Lipinski definition) is 2. The lowest BCUT2D eigenvalue weighted by molar-refractivity contribution is 0.242. The first kappa shape index (κ1) is 15.1. The van der Waals surface area contributed by atoms with Crippen molar-refractivity contribution >= 4 is 6.08 Å². The van der Waals surface area contributed by atoms with Gasteiger partial charge in [0.05, 0.1) is 6.10 Å². The Morgan fingerprint density at radius 2 is 1.85 bits per heavy atom. The number of nitrogens with one attached hydrogen (secondary N) is 1. The monoisotopic (exact) mass is 273 g/mol. The van der Waals surface area contributed by atoms with Gasteiger partial charge in [0.25, 0.3) is 0 Å². The first-order valence-electron chi connectivity index (χ1n) is 7.75. The molecule has 1 aliphatic rings. The summed E-state index contributed by atoms with van der Waals surface area (Å²) in [6.07, 6.45) is 5.21. The molecule has 0 aromatic heterocycles. The summed E-state index contributed by atoms with van der Waals surface area (Å²) in [5.41, 5.74) is 2.72. The second-order valence-corrected chi connectivity index (χ2v) is 6.26. The summed E-state index contributed by atoms with van der Waals surface area (Å²) in [6, 6.07) is 9.14. The third kappa shape index (κ3) is 5.01. The van der Waals surface area contributed by atoms with Gasteiger partial charge in [0, 0.05) is 12.6 Å². The molecule has 1 aliphatic carbocycles. The highest BCUT2D eigenvalue weighted by atomic mass is 16.5. The van der Waals surface area contributed by atoms with Gasteiger partial charge in [-0.3, -0.25) is 0 Å². The molecule has 1 aromatic rings. The van der Waals surface area contributed by atoms with Crippen LogP contribution in [0, 0.1) is 5.92 Å². The highest BCUT2D eigenvalue weighted by molar-refractivity contribution is 5.54. The van der Waals surface area contributed by atoms with E-state index < -0.39 is 0 Å². The molecule has 2 nitrogen and oxygen atoms in total. The molecule has 1 N–H and O–H groups in total. The Labute approximate surface area is 123 Å². The number of benzene rings is 1. The molecule has 1 saturated carbocycles. The van der Waals surface area contributed by atoms with Crippen molar-refractivity contribution in [2.45, 2.75) is 52.7 Å². The Balaban J connectivity index is 2.01. The third-order valence-electron chi connectivity index (χ3n) is 3.52. The van der Waals surface area contributed by atoms with Gasteiger partial charge in [0.1, 0.15) is 5.75 Å². The Morgan fingerprint density at radius 1 is 1.20 bits per heavy atom. The molecule has 0 spiro atoms. The van der Waals surface area contributed by atoms with Crippen LogP contribution in [0.5, 0.6) is 5.75 Å². The topological polar surface area (TPSA) is 21.3 Å². The lowest BCUT2D eigenvalue weighted by atomic mass is 10.00. The van der Waals surface area contributed by atoms with E-state index in [0.29, 0.717) is 5.92 Å². The van der Waals surface area contributed by atoms with Gasteiger partial charge in [-0.05, 0) is 50.3 Å². The van der Waals surface area contributed by atoms with Gasteiger partial charge in [0.15, 0.2) is 0 Å². The van der Waals surface area contributed by atoms with Crippen LogP contribution in [0.4, 0.5) is 0 Å². The SMILES string of the molecule is CC(C)Oc1ccc(C=C(CNC2CC2)C(C)C)cc1. The number of ether oxygens (including phenoxy) is 1. The maximum atomic E-state index is 5.68. The van der Waals surface area contributed by atoms with Crippen LogP contribution in [-0.4, -0.2) is 18.7 Å². The molecular formula is C18H27NO. The van der Waals surface area contributed by atoms with E-state index in [-0.39, 0.29) is 6.10 Å². The van der Waals surface area contributed by atoms with E-state index in [9.17, 15) is 0 Å². The molecule has 0 bridgehead atoms. The molecule has 0 aliphatic heterocycles. The lowest BCUT2D eigenvalue weighted by Gasteiger charge is -2.13. The molecule has 0 heterocycles. The molecule has 0 radical (unpaired) electrons. The average Bonchev–Trinajstić information content (AvgIpc) is 3.19. The molecule has 110 valence electrons. The smallest absolute Gasteiger partial charge is 0.119 e. The normalized spacial score (nSPS) is 16.0. The second kappa shape index (κ2) is 6.94. The fourth-order valence-electron chi connectivity index (χ4n) is 2.10. The number of hydrogen-bond donors (Lipinski definition) is 1. The molecule has 1 fully saturated rings. The van der Waals surface area contributed by atoms with E-state index in [2.05, 4.69) is 49.5 Å². The van der Waals surface area contributed by atoms with Crippen molar-refractivity contribution in [3.05, 3.63) is 35.4 Å². The van der Waals surface area contributed by atoms with Gasteiger partial charge in [0.2, 0.25) is 0 Å². The van der Waals surface area contributed by atoms with Gasteiger partial charge in [-0.2, -0.15) is 0 Å². The van der Waals surface area contributed by atoms with Crippen LogP contribution < -0.4 is 10.1 Å². The van der Waals surface area contributed by atoms with Crippen molar-refractivity contribution in [2.24, 2.45) is 5.92 Å². The molecule has 0 atom stereocenters. The predicted molar refractivity (Wildman–Crippen MR) is 86.0 cm³/mol. The van der Waals surface area contributed by atoms with Crippen LogP contribution in [0.1, 0.15) is 46.1 Å². The fourth-order valence-corrected chi connectivity index (χ4v) is 2.10. The van der Waals surface area contributed by atoms with Crippen LogP contribution in [0.15, 0.2) is 29.8 Å². The van der Waals surface area contributed by atoms with Crippen LogP contribution in [0.2, 0.25) is 0 Å². The minimum atomic E-state index is 0.227. The lowest BCUT2D eigenvalue weighted by Crippen LogP contribution is -2.21. The van der Waals surface area contributed by atoms with Crippen molar-refractivity contribution in [1.82, 2.24) is 5.32 Å². The minimum Gasteiger partial charge on any atom is -0.491 e. The quantitative estimate of drug-likeness (QED) is 0.801. The Kier molecular flexibility index (Phi) is 5.24. The van der Waals surface area contributed by atoms with E-state index in [4.69, 9.17) is 4.74 Å². The van der Waals surface area contributed by atoms with E-state index in [1.165, 1.54) is 24.0 Å². The summed E-state index contributed by atoms with van der Waals surface area (Å²) >= 11 is 0. The summed E-state index contributed by atoms with van der Waals surface area (Å²) in [4.78, 5) is 0. The molecule has 2 heteroatoms. The largest absolute Gasteiger partial charge is 0.491 e. The van der Waals surface area contributed by atoms with Crippen LogP contribution in [0.25, 0.3) is 6.08 Å². The zero-order valence-electron chi connectivity index (χ0n) is 13.1. The van der Waals surface area contributed by atoms with E-state index >= 15 is 0 Å². The van der Waals surface area contributed by atoms with Gasteiger partial charge in [-0.15, -0.1) is 0 Å². The van der Waals surface area contributed by atoms with Crippen molar-refractivity contribution in [1.29, 1.82) is 0 Å². The first-order valence-corrected chi connectivity index (χ1v) is 7.75. The van der Waals surface area contributed by atoms with Gasteiger partial charge >= 0.3 is 0 Å². The van der Waals surface area contributed by atoms with Crippen LogP contribution in [-0.2, 0) is 0 Å². The van der Waals surface area contributed by atoms with Gasteiger partial charge in [-0.1, -0.05) is 37.6 Å². The first-order chi connectivity index (χ1) is 9.54. The van der Waals surface area contributed by atoms with Crippen LogP contribution in [0.3, 0.4) is 0 Å². The zero-order valence-corrected chi connectivity index (χ0v) is 13.1. The van der Waals surface area contributed by atoms with Crippen LogP contribution >= 0.6 is 0 Å². The molecule has 0 amide bonds. The van der Waals surface area contributed by atoms with E-state index in [1.807, 2.05) is 13.8 Å². The summed E-state index contributed by atoms with van der Waals surface area (Å²) < 4.78 is 5.68. The Hall–Kier alpha value is -1.28. The maximum Gasteiger partial charge on any atom is 0.119 e. The Morgan fingerprint density at radius 3 is 2.35 bits per heavy atom. The van der Waals surface area contributed by atoms with Crippen molar-refractivity contribution < 1.29 is 4.74 Å². The highest BCUT2D eigenvalue weighted by Gasteiger charge is 2.20. The molecule has 2 rings (SSSR count). The minimum absolute atomic E-state index is 0.227.